The van der Waals surface area contributed by atoms with Crippen molar-refractivity contribution in [3.63, 3.8) is 0 Å². The van der Waals surface area contributed by atoms with Gasteiger partial charge < -0.3 is 0 Å². The lowest BCUT2D eigenvalue weighted by molar-refractivity contribution is 0.735. The molecule has 0 N–H and O–H groups in total. The van der Waals surface area contributed by atoms with Gasteiger partial charge >= 0.3 is 0 Å². The molecule has 2 aromatic rings. The molecule has 78 valence electrons. The Bertz CT molecular complexity index is 479. The van der Waals surface area contributed by atoms with Crippen molar-refractivity contribution < 1.29 is 0 Å². The van der Waals surface area contributed by atoms with E-state index in [2.05, 4.69) is 37.0 Å². The summed E-state index contributed by atoms with van der Waals surface area (Å²) in [5, 5.41) is 2.87. The van der Waals surface area contributed by atoms with Crippen LogP contribution in [0.2, 0.25) is 5.15 Å². The fourth-order valence-corrected chi connectivity index (χ4v) is 1.84. The smallest absolute Gasteiger partial charge is 0.129 e. The highest BCUT2D eigenvalue weighted by Crippen LogP contribution is 2.24. The first kappa shape index (κ1) is 10.4. The number of pyridine rings is 1. The van der Waals surface area contributed by atoms with Crippen LogP contribution in [0.5, 0.6) is 0 Å². The average Bonchev–Trinajstić information content (AvgIpc) is 2.27. The Morgan fingerprint density at radius 3 is 2.80 bits per heavy atom. The normalized spacial score (nSPS) is 13.0. The molecule has 0 bridgehead atoms. The van der Waals surface area contributed by atoms with Crippen molar-refractivity contribution >= 4 is 22.4 Å². The third kappa shape index (κ3) is 2.13. The lowest BCUT2D eigenvalue weighted by atomic mass is 9.97. The number of hydrogen-bond acceptors (Lipinski definition) is 1. The van der Waals surface area contributed by atoms with Gasteiger partial charge in [-0.2, -0.15) is 0 Å². The summed E-state index contributed by atoms with van der Waals surface area (Å²) in [6.45, 7) is 4.44. The van der Waals surface area contributed by atoms with Gasteiger partial charge in [0.2, 0.25) is 0 Å². The van der Waals surface area contributed by atoms with Crippen LogP contribution in [-0.4, -0.2) is 4.98 Å². The molecule has 0 aliphatic carbocycles. The highest BCUT2D eigenvalue weighted by molar-refractivity contribution is 6.30. The van der Waals surface area contributed by atoms with E-state index in [1.54, 1.807) is 0 Å². The molecule has 2 rings (SSSR count). The lowest BCUT2D eigenvalue weighted by Crippen LogP contribution is -1.91. The van der Waals surface area contributed by atoms with Crippen LogP contribution >= 0.6 is 11.6 Å². The Hall–Kier alpha value is -1.08. The van der Waals surface area contributed by atoms with E-state index in [4.69, 9.17) is 11.6 Å². The van der Waals surface area contributed by atoms with Gasteiger partial charge in [-0.3, -0.25) is 0 Å². The molecule has 15 heavy (non-hydrogen) atoms. The first-order valence-electron chi connectivity index (χ1n) is 5.26. The van der Waals surface area contributed by atoms with Crippen molar-refractivity contribution in [1.29, 1.82) is 0 Å². The number of fused-ring (bicyclic) bond motifs is 1. The van der Waals surface area contributed by atoms with E-state index < -0.39 is 0 Å². The monoisotopic (exact) mass is 219 g/mol. The van der Waals surface area contributed by atoms with Crippen molar-refractivity contribution in [2.75, 3.05) is 0 Å². The predicted octanol–water partition coefficient (Wildman–Crippen LogP) is 4.40. The average molecular weight is 220 g/mol. The summed E-state index contributed by atoms with van der Waals surface area (Å²) in [5.41, 5.74) is 1.37. The second-order valence-electron chi connectivity index (χ2n) is 3.92. The van der Waals surface area contributed by atoms with E-state index in [1.807, 2.05) is 12.3 Å². The third-order valence-electron chi connectivity index (χ3n) is 2.89. The molecule has 0 amide bonds. The molecule has 1 nitrogen and oxygen atoms in total. The van der Waals surface area contributed by atoms with Crippen molar-refractivity contribution in [2.24, 2.45) is 0 Å². The quantitative estimate of drug-likeness (QED) is 0.683. The largest absolute Gasteiger partial charge is 0.244 e. The summed E-state index contributed by atoms with van der Waals surface area (Å²) in [5.74, 6) is 0.602. The summed E-state index contributed by atoms with van der Waals surface area (Å²) >= 11 is 5.84. The molecule has 1 aromatic heterocycles. The first-order valence-corrected chi connectivity index (χ1v) is 5.63. The van der Waals surface area contributed by atoms with Gasteiger partial charge in [0.1, 0.15) is 5.15 Å². The molecular formula is C13H14ClN. The van der Waals surface area contributed by atoms with E-state index in [9.17, 15) is 0 Å². The van der Waals surface area contributed by atoms with Crippen LogP contribution in [0.25, 0.3) is 10.8 Å². The van der Waals surface area contributed by atoms with Crippen LogP contribution in [-0.2, 0) is 0 Å². The molecule has 1 unspecified atom stereocenters. The van der Waals surface area contributed by atoms with Crippen molar-refractivity contribution in [3.05, 3.63) is 41.2 Å². The Kier molecular flexibility index (Phi) is 2.92. The molecule has 0 saturated heterocycles. The number of rotatable bonds is 2. The predicted molar refractivity (Wildman–Crippen MR) is 65.5 cm³/mol. The topological polar surface area (TPSA) is 12.9 Å². The molecule has 0 radical (unpaired) electrons. The minimum absolute atomic E-state index is 0.554. The Morgan fingerprint density at radius 2 is 2.07 bits per heavy atom. The Labute approximate surface area is 95.1 Å². The summed E-state index contributed by atoms with van der Waals surface area (Å²) < 4.78 is 0. The van der Waals surface area contributed by atoms with Gasteiger partial charge in [0.15, 0.2) is 0 Å². The van der Waals surface area contributed by atoms with Crippen LogP contribution in [0.4, 0.5) is 0 Å². The number of hydrogen-bond donors (Lipinski definition) is 0. The highest BCUT2D eigenvalue weighted by atomic mass is 35.5. The van der Waals surface area contributed by atoms with Gasteiger partial charge in [-0.05, 0) is 35.4 Å². The van der Waals surface area contributed by atoms with Crippen molar-refractivity contribution in [3.8, 4) is 0 Å². The maximum Gasteiger partial charge on any atom is 0.129 e. The SMILES string of the molecule is CCC(C)c1ccc2cc(Cl)ncc2c1. The van der Waals surface area contributed by atoms with E-state index in [0.29, 0.717) is 11.1 Å². The molecule has 0 fully saturated rings. The van der Waals surface area contributed by atoms with Gasteiger partial charge in [0.25, 0.3) is 0 Å². The number of benzene rings is 1. The maximum atomic E-state index is 5.84. The van der Waals surface area contributed by atoms with Crippen LogP contribution < -0.4 is 0 Å². The molecular weight excluding hydrogens is 206 g/mol. The van der Waals surface area contributed by atoms with Gasteiger partial charge in [-0.15, -0.1) is 0 Å². The number of halogens is 1. The minimum atomic E-state index is 0.554. The van der Waals surface area contributed by atoms with Gasteiger partial charge in [-0.25, -0.2) is 4.98 Å². The lowest BCUT2D eigenvalue weighted by Gasteiger charge is -2.09. The summed E-state index contributed by atoms with van der Waals surface area (Å²) in [7, 11) is 0. The minimum Gasteiger partial charge on any atom is -0.244 e. The molecule has 1 heterocycles. The van der Waals surface area contributed by atoms with Crippen LogP contribution in [0.3, 0.4) is 0 Å². The Morgan fingerprint density at radius 1 is 1.27 bits per heavy atom. The van der Waals surface area contributed by atoms with Crippen LogP contribution in [0, 0.1) is 0 Å². The van der Waals surface area contributed by atoms with Gasteiger partial charge in [0, 0.05) is 11.6 Å². The molecule has 1 atom stereocenters. The second-order valence-corrected chi connectivity index (χ2v) is 4.31. The van der Waals surface area contributed by atoms with E-state index in [1.165, 1.54) is 5.56 Å². The summed E-state index contributed by atoms with van der Waals surface area (Å²) in [4.78, 5) is 4.10. The number of aromatic nitrogens is 1. The molecule has 0 aliphatic heterocycles. The molecule has 0 aliphatic rings. The van der Waals surface area contributed by atoms with Crippen molar-refractivity contribution in [1.82, 2.24) is 4.98 Å². The van der Waals surface area contributed by atoms with Crippen LogP contribution in [0.1, 0.15) is 31.7 Å². The maximum absolute atomic E-state index is 5.84. The molecule has 1 aromatic carbocycles. The van der Waals surface area contributed by atoms with E-state index >= 15 is 0 Å². The van der Waals surface area contributed by atoms with Crippen LogP contribution in [0.15, 0.2) is 30.5 Å². The summed E-state index contributed by atoms with van der Waals surface area (Å²) in [6.07, 6.45) is 3.00. The van der Waals surface area contributed by atoms with Gasteiger partial charge in [-0.1, -0.05) is 37.6 Å². The summed E-state index contributed by atoms with van der Waals surface area (Å²) in [6, 6.07) is 8.39. The molecule has 0 spiro atoms. The third-order valence-corrected chi connectivity index (χ3v) is 3.10. The standard InChI is InChI=1S/C13H14ClN/c1-3-9(2)10-4-5-11-7-13(14)15-8-12(11)6-10/h4-9H,3H2,1-2H3. The first-order chi connectivity index (χ1) is 7.20. The number of nitrogens with zero attached hydrogens (tertiary/aromatic N) is 1. The second kappa shape index (κ2) is 4.19. The zero-order valence-corrected chi connectivity index (χ0v) is 9.75. The highest BCUT2D eigenvalue weighted by Gasteiger charge is 2.04. The molecule has 2 heteroatoms. The zero-order valence-electron chi connectivity index (χ0n) is 9.00. The molecule has 0 saturated carbocycles. The fourth-order valence-electron chi connectivity index (χ4n) is 1.68. The Balaban J connectivity index is 2.52. The van der Waals surface area contributed by atoms with Crippen molar-refractivity contribution in [2.45, 2.75) is 26.2 Å². The fraction of sp³-hybridized carbons (Fsp3) is 0.308. The van der Waals surface area contributed by atoms with E-state index in [0.717, 1.165) is 17.2 Å². The van der Waals surface area contributed by atoms with Gasteiger partial charge in [0.05, 0.1) is 0 Å². The zero-order chi connectivity index (χ0) is 10.8. The van der Waals surface area contributed by atoms with E-state index in [-0.39, 0.29) is 0 Å².